The smallest absolute Gasteiger partial charge is 0.234 e. The van der Waals surface area contributed by atoms with Crippen molar-refractivity contribution >= 4 is 29.0 Å². The summed E-state index contributed by atoms with van der Waals surface area (Å²) >= 11 is 1.59. The summed E-state index contributed by atoms with van der Waals surface area (Å²) in [5, 5.41) is 6.33. The summed E-state index contributed by atoms with van der Waals surface area (Å²) in [5.74, 6) is 0.583. The predicted octanol–water partition coefficient (Wildman–Crippen LogP) is 3.50. The second-order valence-electron chi connectivity index (χ2n) is 4.46. The number of fused-ring (bicyclic) bond motifs is 1. The van der Waals surface area contributed by atoms with Gasteiger partial charge in [0.15, 0.2) is 0 Å². The molecule has 1 atom stereocenters. The Hall–Kier alpha value is -1.42. The lowest BCUT2D eigenvalue weighted by molar-refractivity contribution is -0.113. The van der Waals surface area contributed by atoms with Crippen LogP contribution in [0.3, 0.4) is 0 Å². The molecule has 0 spiro atoms. The molecule has 0 saturated carbocycles. The molecule has 1 aliphatic rings. The van der Waals surface area contributed by atoms with Crippen LogP contribution in [0.25, 0.3) is 0 Å². The normalized spacial score (nSPS) is 15.5. The van der Waals surface area contributed by atoms with E-state index in [1.54, 1.807) is 11.8 Å². The highest BCUT2D eigenvalue weighted by atomic mass is 32.2. The van der Waals surface area contributed by atoms with E-state index in [4.69, 9.17) is 0 Å². The van der Waals surface area contributed by atoms with Crippen LogP contribution in [0.2, 0.25) is 0 Å². The average molecular weight is 262 g/mol. The Morgan fingerprint density at radius 3 is 3.22 bits per heavy atom. The second kappa shape index (κ2) is 5.96. The van der Waals surface area contributed by atoms with Crippen LogP contribution >= 0.6 is 11.8 Å². The third kappa shape index (κ3) is 3.29. The van der Waals surface area contributed by atoms with E-state index in [0.717, 1.165) is 29.1 Å². The minimum absolute atomic E-state index is 0.0735. The van der Waals surface area contributed by atoms with E-state index in [0.29, 0.717) is 11.8 Å². The Morgan fingerprint density at radius 2 is 2.44 bits per heavy atom. The van der Waals surface area contributed by atoms with Gasteiger partial charge in [-0.3, -0.25) is 4.79 Å². The van der Waals surface area contributed by atoms with Crippen molar-refractivity contribution in [3.05, 3.63) is 30.9 Å². The summed E-state index contributed by atoms with van der Waals surface area (Å²) in [6.07, 6.45) is 4.00. The van der Waals surface area contributed by atoms with Crippen molar-refractivity contribution in [3.63, 3.8) is 0 Å². The summed E-state index contributed by atoms with van der Waals surface area (Å²) in [7, 11) is 0. The van der Waals surface area contributed by atoms with Crippen molar-refractivity contribution in [2.75, 3.05) is 16.4 Å². The first kappa shape index (κ1) is 13.0. The van der Waals surface area contributed by atoms with Crippen LogP contribution in [0.5, 0.6) is 0 Å². The SMILES string of the molecule is C=CCC[C@H](C)Nc1ccc2c(c1)NC(=O)CS2. The second-order valence-corrected chi connectivity index (χ2v) is 5.48. The number of amides is 1. The van der Waals surface area contributed by atoms with Crippen molar-refractivity contribution in [3.8, 4) is 0 Å². The van der Waals surface area contributed by atoms with Gasteiger partial charge in [0, 0.05) is 16.6 Å². The first-order chi connectivity index (χ1) is 8.69. The van der Waals surface area contributed by atoms with Crippen molar-refractivity contribution < 1.29 is 4.79 Å². The minimum Gasteiger partial charge on any atom is -0.383 e. The number of anilines is 2. The fourth-order valence-corrected chi connectivity index (χ4v) is 2.69. The molecule has 0 aromatic heterocycles. The molecule has 18 heavy (non-hydrogen) atoms. The van der Waals surface area contributed by atoms with E-state index >= 15 is 0 Å². The zero-order valence-electron chi connectivity index (χ0n) is 10.5. The first-order valence-corrected chi connectivity index (χ1v) is 7.11. The van der Waals surface area contributed by atoms with E-state index in [1.165, 1.54) is 0 Å². The van der Waals surface area contributed by atoms with E-state index < -0.39 is 0 Å². The monoisotopic (exact) mass is 262 g/mol. The van der Waals surface area contributed by atoms with E-state index in [2.05, 4.69) is 36.3 Å². The molecule has 1 heterocycles. The van der Waals surface area contributed by atoms with Crippen molar-refractivity contribution in [2.45, 2.75) is 30.7 Å². The Labute approximate surface area is 112 Å². The van der Waals surface area contributed by atoms with Crippen LogP contribution in [0.4, 0.5) is 11.4 Å². The van der Waals surface area contributed by atoms with Crippen LogP contribution in [0, 0.1) is 0 Å². The molecular formula is C14H18N2OS. The molecule has 0 bridgehead atoms. The van der Waals surface area contributed by atoms with Crippen LogP contribution in [-0.2, 0) is 4.79 Å². The highest BCUT2D eigenvalue weighted by molar-refractivity contribution is 8.00. The van der Waals surface area contributed by atoms with Crippen molar-refractivity contribution in [1.29, 1.82) is 0 Å². The molecular weight excluding hydrogens is 244 g/mol. The van der Waals surface area contributed by atoms with Gasteiger partial charge in [0.05, 0.1) is 11.4 Å². The minimum atomic E-state index is 0.0735. The summed E-state index contributed by atoms with van der Waals surface area (Å²) in [4.78, 5) is 12.5. The van der Waals surface area contributed by atoms with Gasteiger partial charge in [-0.2, -0.15) is 0 Å². The number of hydrogen-bond acceptors (Lipinski definition) is 3. The maximum absolute atomic E-state index is 11.3. The maximum atomic E-state index is 11.3. The summed E-state index contributed by atoms with van der Waals surface area (Å²) in [5.41, 5.74) is 1.96. The van der Waals surface area contributed by atoms with Gasteiger partial charge in [0.2, 0.25) is 5.91 Å². The topological polar surface area (TPSA) is 41.1 Å². The number of hydrogen-bond donors (Lipinski definition) is 2. The van der Waals surface area contributed by atoms with Gasteiger partial charge in [0.25, 0.3) is 0 Å². The van der Waals surface area contributed by atoms with Gasteiger partial charge in [-0.1, -0.05) is 6.08 Å². The predicted molar refractivity (Wildman–Crippen MR) is 78.3 cm³/mol. The van der Waals surface area contributed by atoms with Gasteiger partial charge in [-0.05, 0) is 38.0 Å². The number of rotatable bonds is 5. The molecule has 2 rings (SSSR count). The van der Waals surface area contributed by atoms with E-state index in [1.807, 2.05) is 12.1 Å². The molecule has 96 valence electrons. The maximum Gasteiger partial charge on any atom is 0.234 e. The zero-order valence-corrected chi connectivity index (χ0v) is 11.3. The van der Waals surface area contributed by atoms with Gasteiger partial charge >= 0.3 is 0 Å². The first-order valence-electron chi connectivity index (χ1n) is 6.13. The third-order valence-electron chi connectivity index (χ3n) is 2.83. The molecule has 0 radical (unpaired) electrons. The number of benzene rings is 1. The lowest BCUT2D eigenvalue weighted by atomic mass is 10.1. The highest BCUT2D eigenvalue weighted by Crippen LogP contribution is 2.33. The standard InChI is InChI=1S/C14H18N2OS/c1-3-4-5-10(2)15-11-6-7-13-12(8-11)16-14(17)9-18-13/h3,6-8,10,15H,1,4-5,9H2,2H3,(H,16,17)/t10-/m0/s1. The number of thioether (sulfide) groups is 1. The molecule has 0 aliphatic carbocycles. The third-order valence-corrected chi connectivity index (χ3v) is 3.90. The Kier molecular flexibility index (Phi) is 4.31. The molecule has 0 unspecified atom stereocenters. The Balaban J connectivity index is 2.04. The molecule has 1 aromatic rings. The summed E-state index contributed by atoms with van der Waals surface area (Å²) in [6, 6.07) is 6.52. The van der Waals surface area contributed by atoms with Crippen LogP contribution in [0.1, 0.15) is 19.8 Å². The highest BCUT2D eigenvalue weighted by Gasteiger charge is 2.15. The van der Waals surface area contributed by atoms with Gasteiger partial charge in [-0.25, -0.2) is 0 Å². The fraction of sp³-hybridized carbons (Fsp3) is 0.357. The van der Waals surface area contributed by atoms with Crippen molar-refractivity contribution in [1.82, 2.24) is 0 Å². The molecule has 0 saturated heterocycles. The number of nitrogens with one attached hydrogen (secondary N) is 2. The molecule has 3 nitrogen and oxygen atoms in total. The molecule has 2 N–H and O–H groups in total. The van der Waals surface area contributed by atoms with Crippen molar-refractivity contribution in [2.24, 2.45) is 0 Å². The van der Waals surface area contributed by atoms with Crippen LogP contribution < -0.4 is 10.6 Å². The lowest BCUT2D eigenvalue weighted by Gasteiger charge is -2.19. The number of carbonyl (C=O) groups excluding carboxylic acids is 1. The Bertz CT molecular complexity index is 459. The molecule has 1 aromatic carbocycles. The van der Waals surface area contributed by atoms with Gasteiger partial charge < -0.3 is 10.6 Å². The average Bonchev–Trinajstić information content (AvgIpc) is 2.36. The fourth-order valence-electron chi connectivity index (χ4n) is 1.90. The van der Waals surface area contributed by atoms with Gasteiger partial charge in [-0.15, -0.1) is 18.3 Å². The van der Waals surface area contributed by atoms with Gasteiger partial charge in [0.1, 0.15) is 0 Å². The Morgan fingerprint density at radius 1 is 1.61 bits per heavy atom. The summed E-state index contributed by atoms with van der Waals surface area (Å²) < 4.78 is 0. The van der Waals surface area contributed by atoms with E-state index in [-0.39, 0.29) is 5.91 Å². The van der Waals surface area contributed by atoms with Crippen LogP contribution in [0.15, 0.2) is 35.7 Å². The molecule has 1 aliphatic heterocycles. The van der Waals surface area contributed by atoms with Crippen LogP contribution in [-0.4, -0.2) is 17.7 Å². The number of carbonyl (C=O) groups is 1. The molecule has 1 amide bonds. The molecule has 4 heteroatoms. The van der Waals surface area contributed by atoms with E-state index in [9.17, 15) is 4.79 Å². The largest absolute Gasteiger partial charge is 0.383 e. The lowest BCUT2D eigenvalue weighted by Crippen LogP contribution is -2.19. The zero-order chi connectivity index (χ0) is 13.0. The summed E-state index contributed by atoms with van der Waals surface area (Å²) in [6.45, 7) is 5.88. The number of allylic oxidation sites excluding steroid dienone is 1. The quantitative estimate of drug-likeness (QED) is 0.798. The molecule has 0 fully saturated rings.